The predicted molar refractivity (Wildman–Crippen MR) is 70.8 cm³/mol. The molecule has 8 heteroatoms. The van der Waals surface area contributed by atoms with Crippen LogP contribution in [0.3, 0.4) is 0 Å². The lowest BCUT2D eigenvalue weighted by Crippen LogP contribution is -2.49. The van der Waals surface area contributed by atoms with Crippen LogP contribution in [-0.2, 0) is 11.3 Å². The molecule has 2 aromatic rings. The van der Waals surface area contributed by atoms with E-state index in [-0.39, 0.29) is 12.5 Å². The number of hydrogen-bond donors (Lipinski definition) is 0. The zero-order chi connectivity index (χ0) is 13.8. The fourth-order valence-corrected chi connectivity index (χ4v) is 2.22. The maximum Gasteiger partial charge on any atom is 0.244 e. The highest BCUT2D eigenvalue weighted by molar-refractivity contribution is 5.76. The van der Waals surface area contributed by atoms with Gasteiger partial charge < -0.3 is 9.80 Å². The lowest BCUT2D eigenvalue weighted by Gasteiger charge is -2.35. The van der Waals surface area contributed by atoms with Crippen LogP contribution in [0.25, 0.3) is 0 Å². The summed E-state index contributed by atoms with van der Waals surface area (Å²) in [6.45, 7) is 3.16. The number of rotatable bonds is 3. The fraction of sp³-hybridized carbons (Fsp3) is 0.417. The van der Waals surface area contributed by atoms with Gasteiger partial charge in [0.25, 0.3) is 0 Å². The third-order valence-corrected chi connectivity index (χ3v) is 3.29. The lowest BCUT2D eigenvalue weighted by molar-refractivity contribution is -0.132. The molecule has 8 nitrogen and oxygen atoms in total. The normalized spacial score (nSPS) is 15.4. The van der Waals surface area contributed by atoms with Crippen molar-refractivity contribution < 1.29 is 4.79 Å². The summed E-state index contributed by atoms with van der Waals surface area (Å²) in [4.78, 5) is 20.4. The molecule has 0 spiro atoms. The van der Waals surface area contributed by atoms with Crippen molar-refractivity contribution in [3.8, 4) is 0 Å². The largest absolute Gasteiger partial charge is 0.353 e. The summed E-state index contributed by atoms with van der Waals surface area (Å²) >= 11 is 0. The van der Waals surface area contributed by atoms with Crippen LogP contribution in [0.5, 0.6) is 0 Å². The van der Waals surface area contributed by atoms with E-state index in [0.717, 1.165) is 18.9 Å². The van der Waals surface area contributed by atoms with Crippen molar-refractivity contribution in [2.45, 2.75) is 6.54 Å². The SMILES string of the molecule is O=C(Cn1cnnn1)N1CCN(c2ccccn2)CC1. The monoisotopic (exact) mass is 273 g/mol. The Labute approximate surface area is 116 Å². The van der Waals surface area contributed by atoms with Gasteiger partial charge in [-0.2, -0.15) is 0 Å². The zero-order valence-corrected chi connectivity index (χ0v) is 11.0. The Hall–Kier alpha value is -2.51. The van der Waals surface area contributed by atoms with Crippen LogP contribution in [0, 0.1) is 0 Å². The number of piperazine rings is 1. The van der Waals surface area contributed by atoms with Gasteiger partial charge in [0.2, 0.25) is 5.91 Å². The molecule has 1 aliphatic rings. The fourth-order valence-electron chi connectivity index (χ4n) is 2.22. The van der Waals surface area contributed by atoms with Crippen molar-refractivity contribution >= 4 is 11.7 Å². The molecule has 3 heterocycles. The van der Waals surface area contributed by atoms with E-state index in [4.69, 9.17) is 0 Å². The van der Waals surface area contributed by atoms with Gasteiger partial charge in [-0.15, -0.1) is 5.10 Å². The van der Waals surface area contributed by atoms with Gasteiger partial charge in [0.05, 0.1) is 0 Å². The van der Waals surface area contributed by atoms with Gasteiger partial charge >= 0.3 is 0 Å². The molecule has 1 saturated heterocycles. The highest BCUT2D eigenvalue weighted by Crippen LogP contribution is 2.12. The standard InChI is InChI=1S/C12H15N7O/c20-12(9-19-10-14-15-16-19)18-7-5-17(6-8-18)11-3-1-2-4-13-11/h1-4,10H,5-9H2. The Kier molecular flexibility index (Phi) is 3.53. The number of nitrogens with zero attached hydrogens (tertiary/aromatic N) is 7. The van der Waals surface area contributed by atoms with Crippen molar-refractivity contribution in [2.24, 2.45) is 0 Å². The number of carbonyl (C=O) groups excluding carboxylic acids is 1. The molecule has 104 valence electrons. The Morgan fingerprint density at radius 3 is 2.70 bits per heavy atom. The molecule has 0 bridgehead atoms. The maximum absolute atomic E-state index is 12.1. The molecule has 20 heavy (non-hydrogen) atoms. The van der Waals surface area contributed by atoms with E-state index >= 15 is 0 Å². The van der Waals surface area contributed by atoms with Gasteiger partial charge in [0.15, 0.2) is 0 Å². The number of aromatic nitrogens is 5. The van der Waals surface area contributed by atoms with Gasteiger partial charge in [0.1, 0.15) is 18.7 Å². The summed E-state index contributed by atoms with van der Waals surface area (Å²) in [7, 11) is 0. The second kappa shape index (κ2) is 5.64. The van der Waals surface area contributed by atoms with E-state index < -0.39 is 0 Å². The minimum atomic E-state index is 0.0398. The number of hydrogen-bond acceptors (Lipinski definition) is 6. The molecule has 0 radical (unpaired) electrons. The Morgan fingerprint density at radius 2 is 2.05 bits per heavy atom. The zero-order valence-electron chi connectivity index (χ0n) is 11.0. The first kappa shape index (κ1) is 12.5. The van der Waals surface area contributed by atoms with Crippen LogP contribution in [0.1, 0.15) is 0 Å². The third-order valence-electron chi connectivity index (χ3n) is 3.29. The van der Waals surface area contributed by atoms with E-state index in [1.807, 2.05) is 23.1 Å². The van der Waals surface area contributed by atoms with Crippen LogP contribution < -0.4 is 4.90 Å². The molecule has 0 N–H and O–H groups in total. The number of amides is 1. The molecule has 0 unspecified atom stereocenters. The first-order valence-corrected chi connectivity index (χ1v) is 6.47. The molecule has 1 aliphatic heterocycles. The van der Waals surface area contributed by atoms with Gasteiger partial charge in [-0.25, -0.2) is 9.67 Å². The predicted octanol–water partition coefficient (Wildman–Crippen LogP) is -0.583. The summed E-state index contributed by atoms with van der Waals surface area (Å²) in [6.07, 6.45) is 3.23. The van der Waals surface area contributed by atoms with E-state index in [1.54, 1.807) is 6.20 Å². The smallest absolute Gasteiger partial charge is 0.244 e. The average Bonchev–Trinajstić information content (AvgIpc) is 3.01. The minimum absolute atomic E-state index is 0.0398. The molecule has 0 saturated carbocycles. The van der Waals surface area contributed by atoms with Crippen molar-refractivity contribution in [3.05, 3.63) is 30.7 Å². The second-order valence-corrected chi connectivity index (χ2v) is 4.56. The Balaban J connectivity index is 1.54. The van der Waals surface area contributed by atoms with Crippen LogP contribution in [0.4, 0.5) is 5.82 Å². The summed E-state index contributed by atoms with van der Waals surface area (Å²) < 4.78 is 1.44. The van der Waals surface area contributed by atoms with Crippen molar-refractivity contribution in [3.63, 3.8) is 0 Å². The quantitative estimate of drug-likeness (QED) is 0.744. The van der Waals surface area contributed by atoms with Crippen LogP contribution in [0.15, 0.2) is 30.7 Å². The second-order valence-electron chi connectivity index (χ2n) is 4.56. The van der Waals surface area contributed by atoms with Crippen LogP contribution in [-0.4, -0.2) is 62.2 Å². The Morgan fingerprint density at radius 1 is 1.20 bits per heavy atom. The Bertz CT molecular complexity index is 548. The maximum atomic E-state index is 12.1. The summed E-state index contributed by atoms with van der Waals surface area (Å²) in [5.41, 5.74) is 0. The van der Waals surface area contributed by atoms with Gasteiger partial charge in [-0.1, -0.05) is 6.07 Å². The van der Waals surface area contributed by atoms with Crippen LogP contribution >= 0.6 is 0 Å². The third kappa shape index (κ3) is 2.73. The van der Waals surface area contributed by atoms with E-state index in [9.17, 15) is 4.79 Å². The number of anilines is 1. The summed E-state index contributed by atoms with van der Waals surface area (Å²) in [5, 5.41) is 10.7. The first-order valence-electron chi connectivity index (χ1n) is 6.47. The minimum Gasteiger partial charge on any atom is -0.353 e. The molecular weight excluding hydrogens is 258 g/mol. The van der Waals surface area contributed by atoms with Gasteiger partial charge in [-0.3, -0.25) is 4.79 Å². The highest BCUT2D eigenvalue weighted by Gasteiger charge is 2.21. The molecule has 2 aromatic heterocycles. The molecular formula is C12H15N7O. The van der Waals surface area contributed by atoms with E-state index in [2.05, 4.69) is 25.4 Å². The van der Waals surface area contributed by atoms with Crippen molar-refractivity contribution in [2.75, 3.05) is 31.1 Å². The van der Waals surface area contributed by atoms with Crippen molar-refractivity contribution in [1.29, 1.82) is 0 Å². The van der Waals surface area contributed by atoms with E-state index in [0.29, 0.717) is 13.1 Å². The lowest BCUT2D eigenvalue weighted by atomic mass is 10.3. The van der Waals surface area contributed by atoms with Gasteiger partial charge in [-0.05, 0) is 22.6 Å². The van der Waals surface area contributed by atoms with E-state index in [1.165, 1.54) is 11.0 Å². The molecule has 0 atom stereocenters. The van der Waals surface area contributed by atoms with Crippen molar-refractivity contribution in [1.82, 2.24) is 30.1 Å². The highest BCUT2D eigenvalue weighted by atomic mass is 16.2. The van der Waals surface area contributed by atoms with Crippen LogP contribution in [0.2, 0.25) is 0 Å². The average molecular weight is 273 g/mol. The topological polar surface area (TPSA) is 80.0 Å². The molecule has 1 amide bonds. The first-order chi connectivity index (χ1) is 9.83. The molecule has 0 aromatic carbocycles. The molecule has 3 rings (SSSR count). The number of pyridine rings is 1. The molecule has 0 aliphatic carbocycles. The number of carbonyl (C=O) groups is 1. The number of tetrazole rings is 1. The summed E-state index contributed by atoms with van der Waals surface area (Å²) in [5.74, 6) is 0.998. The van der Waals surface area contributed by atoms with Gasteiger partial charge in [0, 0.05) is 32.4 Å². The summed E-state index contributed by atoms with van der Waals surface area (Å²) in [6, 6.07) is 5.85. The molecule has 1 fully saturated rings.